The molecule has 6 heteroatoms. The van der Waals surface area contributed by atoms with E-state index in [1.807, 2.05) is 18.2 Å². The second-order valence-corrected chi connectivity index (χ2v) is 4.26. The van der Waals surface area contributed by atoms with Gasteiger partial charge in [0.25, 0.3) is 0 Å². The first kappa shape index (κ1) is 13.3. The molecule has 0 amide bonds. The third-order valence-electron chi connectivity index (χ3n) is 2.97. The van der Waals surface area contributed by atoms with Crippen molar-refractivity contribution in [3.63, 3.8) is 0 Å². The normalized spacial score (nSPS) is 36.3. The van der Waals surface area contributed by atoms with Gasteiger partial charge in [-0.05, 0) is 12.1 Å². The van der Waals surface area contributed by atoms with Gasteiger partial charge in [-0.3, -0.25) is 0 Å². The number of benzene rings is 1. The first-order valence-electron chi connectivity index (χ1n) is 5.75. The van der Waals surface area contributed by atoms with Gasteiger partial charge in [-0.25, -0.2) is 0 Å². The van der Waals surface area contributed by atoms with E-state index >= 15 is 0 Å². The quantitative estimate of drug-likeness (QED) is 0.470. The van der Waals surface area contributed by atoms with E-state index in [0.29, 0.717) is 5.69 Å². The van der Waals surface area contributed by atoms with Crippen LogP contribution in [0, 0.1) is 0 Å². The van der Waals surface area contributed by atoms with Crippen molar-refractivity contribution in [3.8, 4) is 0 Å². The van der Waals surface area contributed by atoms with Crippen molar-refractivity contribution in [2.24, 2.45) is 0 Å². The van der Waals surface area contributed by atoms with Crippen molar-refractivity contribution < 1.29 is 25.2 Å². The highest BCUT2D eigenvalue weighted by atomic mass is 16.6. The van der Waals surface area contributed by atoms with Crippen LogP contribution in [-0.4, -0.2) is 57.7 Å². The van der Waals surface area contributed by atoms with Crippen LogP contribution in [0.25, 0.3) is 0 Å². The van der Waals surface area contributed by atoms with Crippen LogP contribution in [0.5, 0.6) is 0 Å². The predicted octanol–water partition coefficient (Wildman–Crippen LogP) is -1.10. The second kappa shape index (κ2) is 5.64. The van der Waals surface area contributed by atoms with Gasteiger partial charge in [0.1, 0.15) is 24.4 Å². The van der Waals surface area contributed by atoms with Crippen LogP contribution in [0.4, 0.5) is 5.69 Å². The molecule has 1 heterocycles. The summed E-state index contributed by atoms with van der Waals surface area (Å²) in [5.41, 5.74) is 0.710. The van der Waals surface area contributed by atoms with Crippen LogP contribution < -0.4 is 5.32 Å². The average molecular weight is 255 g/mol. The Morgan fingerprint density at radius 1 is 1.00 bits per heavy atom. The molecule has 5 N–H and O–H groups in total. The van der Waals surface area contributed by atoms with Gasteiger partial charge in [0.2, 0.25) is 0 Å². The summed E-state index contributed by atoms with van der Waals surface area (Å²) in [6, 6.07) is 9.03. The molecule has 0 saturated carbocycles. The minimum Gasteiger partial charge on any atom is -0.394 e. The Morgan fingerprint density at radius 2 is 1.67 bits per heavy atom. The van der Waals surface area contributed by atoms with Gasteiger partial charge in [0, 0.05) is 5.69 Å². The van der Waals surface area contributed by atoms with Crippen molar-refractivity contribution in [2.45, 2.75) is 30.6 Å². The highest BCUT2D eigenvalue weighted by molar-refractivity contribution is 5.43. The zero-order chi connectivity index (χ0) is 13.1. The Kier molecular flexibility index (Phi) is 4.15. The van der Waals surface area contributed by atoms with E-state index in [1.54, 1.807) is 12.1 Å². The molecule has 2 rings (SSSR count). The molecule has 1 saturated heterocycles. The molecule has 0 bridgehead atoms. The molecule has 1 aromatic rings. The molecule has 0 aromatic heterocycles. The second-order valence-electron chi connectivity index (χ2n) is 4.26. The van der Waals surface area contributed by atoms with Crippen molar-refractivity contribution in [2.75, 3.05) is 11.9 Å². The molecule has 0 radical (unpaired) electrons. The summed E-state index contributed by atoms with van der Waals surface area (Å²) in [6.45, 7) is -0.433. The maximum Gasteiger partial charge on any atom is 0.157 e. The van der Waals surface area contributed by atoms with E-state index in [2.05, 4.69) is 5.32 Å². The zero-order valence-corrected chi connectivity index (χ0v) is 9.68. The highest BCUT2D eigenvalue weighted by Crippen LogP contribution is 2.22. The summed E-state index contributed by atoms with van der Waals surface area (Å²) in [7, 11) is 0. The lowest BCUT2D eigenvalue weighted by Gasteiger charge is -2.40. The SMILES string of the molecule is OC[C@H]1OC(Nc2ccccc2)C(O)C(O)C1O. The van der Waals surface area contributed by atoms with E-state index in [-0.39, 0.29) is 0 Å². The van der Waals surface area contributed by atoms with Crippen LogP contribution >= 0.6 is 0 Å². The maximum atomic E-state index is 9.80. The van der Waals surface area contributed by atoms with Gasteiger partial charge in [-0.2, -0.15) is 0 Å². The molecular formula is C12H17NO5. The maximum absolute atomic E-state index is 9.80. The van der Waals surface area contributed by atoms with E-state index < -0.39 is 37.3 Å². The highest BCUT2D eigenvalue weighted by Gasteiger charge is 2.43. The molecule has 0 aliphatic carbocycles. The standard InChI is InChI=1S/C12H17NO5/c14-6-8-9(15)10(16)11(17)12(18-8)13-7-4-2-1-3-5-7/h1-5,8-17H,6H2/t8-,9?,10?,11?,12?/m1/s1. The number of hydrogen-bond acceptors (Lipinski definition) is 6. The number of ether oxygens (including phenoxy) is 1. The monoisotopic (exact) mass is 255 g/mol. The number of aliphatic hydroxyl groups is 4. The minimum atomic E-state index is -1.36. The van der Waals surface area contributed by atoms with Gasteiger partial charge in [-0.15, -0.1) is 0 Å². The largest absolute Gasteiger partial charge is 0.394 e. The van der Waals surface area contributed by atoms with Gasteiger partial charge < -0.3 is 30.5 Å². The Morgan fingerprint density at radius 3 is 2.28 bits per heavy atom. The molecule has 1 fully saturated rings. The fourth-order valence-electron chi connectivity index (χ4n) is 1.92. The molecule has 1 aromatic carbocycles. The predicted molar refractivity (Wildman–Crippen MR) is 63.8 cm³/mol. The molecule has 4 unspecified atom stereocenters. The van der Waals surface area contributed by atoms with Crippen molar-refractivity contribution in [1.82, 2.24) is 0 Å². The zero-order valence-electron chi connectivity index (χ0n) is 9.68. The molecular weight excluding hydrogens is 238 g/mol. The van der Waals surface area contributed by atoms with E-state index in [9.17, 15) is 15.3 Å². The molecule has 18 heavy (non-hydrogen) atoms. The lowest BCUT2D eigenvalue weighted by atomic mass is 9.98. The number of aliphatic hydroxyl groups excluding tert-OH is 4. The van der Waals surface area contributed by atoms with E-state index in [4.69, 9.17) is 9.84 Å². The Labute approximate surface area is 104 Å². The summed E-state index contributed by atoms with van der Waals surface area (Å²) >= 11 is 0. The Balaban J connectivity index is 2.08. The minimum absolute atomic E-state index is 0.433. The van der Waals surface area contributed by atoms with E-state index in [0.717, 1.165) is 0 Å². The van der Waals surface area contributed by atoms with Crippen LogP contribution in [0.1, 0.15) is 0 Å². The molecule has 100 valence electrons. The molecule has 5 atom stereocenters. The van der Waals surface area contributed by atoms with Gasteiger partial charge >= 0.3 is 0 Å². The lowest BCUT2D eigenvalue weighted by molar-refractivity contribution is -0.221. The molecule has 1 aliphatic rings. The van der Waals surface area contributed by atoms with Crippen molar-refractivity contribution >= 4 is 5.69 Å². The summed E-state index contributed by atoms with van der Waals surface area (Å²) in [6.07, 6.45) is -5.76. The van der Waals surface area contributed by atoms with Crippen LogP contribution in [0.3, 0.4) is 0 Å². The number of rotatable bonds is 3. The topological polar surface area (TPSA) is 102 Å². The fraction of sp³-hybridized carbons (Fsp3) is 0.500. The number of anilines is 1. The summed E-state index contributed by atoms with van der Waals surface area (Å²) in [5.74, 6) is 0. The molecule has 0 spiro atoms. The Hall–Kier alpha value is -1.18. The third-order valence-corrected chi connectivity index (χ3v) is 2.97. The number of para-hydroxylation sites is 1. The fourth-order valence-corrected chi connectivity index (χ4v) is 1.92. The lowest BCUT2D eigenvalue weighted by Crippen LogP contribution is -2.60. The summed E-state index contributed by atoms with van der Waals surface area (Å²) in [5, 5.41) is 41.0. The molecule has 1 aliphatic heterocycles. The van der Waals surface area contributed by atoms with Gasteiger partial charge in [-0.1, -0.05) is 18.2 Å². The van der Waals surface area contributed by atoms with Crippen LogP contribution in [0.15, 0.2) is 30.3 Å². The summed E-state index contributed by atoms with van der Waals surface area (Å²) < 4.78 is 5.31. The van der Waals surface area contributed by atoms with Gasteiger partial charge in [0.05, 0.1) is 6.61 Å². The average Bonchev–Trinajstić information content (AvgIpc) is 2.40. The third kappa shape index (κ3) is 2.63. The van der Waals surface area contributed by atoms with E-state index in [1.165, 1.54) is 0 Å². The number of nitrogens with one attached hydrogen (secondary N) is 1. The van der Waals surface area contributed by atoms with Gasteiger partial charge in [0.15, 0.2) is 6.23 Å². The van der Waals surface area contributed by atoms with Crippen LogP contribution in [0.2, 0.25) is 0 Å². The summed E-state index contributed by atoms with van der Waals surface area (Å²) in [4.78, 5) is 0. The smallest absolute Gasteiger partial charge is 0.157 e. The Bertz CT molecular complexity index is 372. The first-order valence-corrected chi connectivity index (χ1v) is 5.75. The van der Waals surface area contributed by atoms with Crippen LogP contribution in [-0.2, 0) is 4.74 Å². The first-order chi connectivity index (χ1) is 8.63. The molecule has 6 nitrogen and oxygen atoms in total. The van der Waals surface area contributed by atoms with Crippen molar-refractivity contribution in [1.29, 1.82) is 0 Å². The van der Waals surface area contributed by atoms with Crippen molar-refractivity contribution in [3.05, 3.63) is 30.3 Å². The number of hydrogen-bond donors (Lipinski definition) is 5.